The van der Waals surface area contributed by atoms with Crippen molar-refractivity contribution in [2.75, 3.05) is 5.43 Å². The zero-order valence-electron chi connectivity index (χ0n) is 12.2. The number of anilines is 1. The van der Waals surface area contributed by atoms with Gasteiger partial charge in [-0.15, -0.1) is 0 Å². The highest BCUT2D eigenvalue weighted by molar-refractivity contribution is 5.74. The van der Waals surface area contributed by atoms with Crippen LogP contribution < -0.4 is 22.5 Å². The van der Waals surface area contributed by atoms with Gasteiger partial charge in [0, 0.05) is 19.6 Å². The maximum Gasteiger partial charge on any atom is 0.332 e. The van der Waals surface area contributed by atoms with Gasteiger partial charge in [0.25, 0.3) is 5.56 Å². The molecule has 0 aliphatic rings. The summed E-state index contributed by atoms with van der Waals surface area (Å²) >= 11 is 0. The molecule has 2 aromatic rings. The Morgan fingerprint density at radius 1 is 1.35 bits per heavy atom. The van der Waals surface area contributed by atoms with Crippen molar-refractivity contribution in [2.45, 2.75) is 39.8 Å². The number of nitrogens with zero attached hydrogens (tertiary/aromatic N) is 4. The van der Waals surface area contributed by atoms with Gasteiger partial charge >= 0.3 is 5.69 Å². The molecule has 0 radical (unpaired) electrons. The van der Waals surface area contributed by atoms with Crippen molar-refractivity contribution in [3.8, 4) is 0 Å². The molecule has 0 saturated carbocycles. The Kier molecular flexibility index (Phi) is 3.67. The van der Waals surface area contributed by atoms with Crippen molar-refractivity contribution >= 4 is 17.1 Å². The molecule has 3 N–H and O–H groups in total. The number of hydrazine groups is 1. The highest BCUT2D eigenvalue weighted by Gasteiger charge is 2.21. The minimum Gasteiger partial charge on any atom is -0.306 e. The molecule has 0 saturated heterocycles. The predicted molar refractivity (Wildman–Crippen MR) is 77.7 cm³/mol. The molecule has 0 aromatic carbocycles. The molecule has 0 amide bonds. The standard InChI is InChI=1S/C12H20N6O2/c1-5-7(3)18-9-8(16(4)11(14-9)15-13)10(19)17(6-2)12(18)20/h7H,5-6,13H2,1-4H3,(H,14,15). The van der Waals surface area contributed by atoms with Crippen molar-refractivity contribution in [1.29, 1.82) is 0 Å². The van der Waals surface area contributed by atoms with E-state index in [1.165, 1.54) is 4.57 Å². The molecular weight excluding hydrogens is 260 g/mol. The van der Waals surface area contributed by atoms with Crippen LogP contribution in [-0.4, -0.2) is 18.7 Å². The van der Waals surface area contributed by atoms with E-state index >= 15 is 0 Å². The second kappa shape index (κ2) is 5.12. The van der Waals surface area contributed by atoms with E-state index in [1.807, 2.05) is 13.8 Å². The number of fused-ring (bicyclic) bond motifs is 1. The summed E-state index contributed by atoms with van der Waals surface area (Å²) in [7, 11) is 1.69. The number of nitrogens with two attached hydrogens (primary N) is 1. The number of hydrogen-bond donors (Lipinski definition) is 2. The number of aromatic nitrogens is 4. The Morgan fingerprint density at radius 3 is 2.50 bits per heavy atom. The van der Waals surface area contributed by atoms with Crippen LogP contribution in [0.1, 0.15) is 33.2 Å². The summed E-state index contributed by atoms with van der Waals surface area (Å²) < 4.78 is 4.35. The van der Waals surface area contributed by atoms with Crippen LogP contribution in [0.3, 0.4) is 0 Å². The van der Waals surface area contributed by atoms with Gasteiger partial charge in [0.1, 0.15) is 0 Å². The molecule has 8 nitrogen and oxygen atoms in total. The van der Waals surface area contributed by atoms with Gasteiger partial charge in [-0.25, -0.2) is 10.6 Å². The molecule has 2 heterocycles. The van der Waals surface area contributed by atoms with Crippen LogP contribution in [0.4, 0.5) is 5.95 Å². The number of nitrogens with one attached hydrogen (secondary N) is 1. The minimum atomic E-state index is -0.344. The van der Waals surface area contributed by atoms with Gasteiger partial charge in [0.05, 0.1) is 0 Å². The highest BCUT2D eigenvalue weighted by Crippen LogP contribution is 2.17. The van der Waals surface area contributed by atoms with E-state index in [9.17, 15) is 9.59 Å². The molecule has 0 fully saturated rings. The summed E-state index contributed by atoms with van der Waals surface area (Å²) in [5.41, 5.74) is 2.51. The third kappa shape index (κ3) is 1.83. The summed E-state index contributed by atoms with van der Waals surface area (Å²) in [5.74, 6) is 5.75. The molecule has 2 aromatic heterocycles. The minimum absolute atomic E-state index is 0.0519. The average Bonchev–Trinajstić information content (AvgIpc) is 2.76. The van der Waals surface area contributed by atoms with Crippen molar-refractivity contribution in [3.63, 3.8) is 0 Å². The summed E-state index contributed by atoms with van der Waals surface area (Å²) in [4.78, 5) is 29.2. The molecule has 0 bridgehead atoms. The van der Waals surface area contributed by atoms with Gasteiger partial charge in [0.15, 0.2) is 11.2 Å². The highest BCUT2D eigenvalue weighted by atomic mass is 16.2. The molecule has 8 heteroatoms. The lowest BCUT2D eigenvalue weighted by Crippen LogP contribution is -2.41. The quantitative estimate of drug-likeness (QED) is 0.614. The van der Waals surface area contributed by atoms with Crippen LogP contribution in [0.25, 0.3) is 11.2 Å². The SMILES string of the molecule is CCC(C)n1c(=O)n(CC)c(=O)c2c1nc(NN)n2C. The number of hydrogen-bond acceptors (Lipinski definition) is 5. The third-order valence-corrected chi connectivity index (χ3v) is 3.67. The maximum absolute atomic E-state index is 12.5. The molecule has 20 heavy (non-hydrogen) atoms. The van der Waals surface area contributed by atoms with Crippen LogP contribution in [0, 0.1) is 0 Å². The van der Waals surface area contributed by atoms with E-state index in [0.29, 0.717) is 23.7 Å². The fourth-order valence-electron chi connectivity index (χ4n) is 2.31. The summed E-state index contributed by atoms with van der Waals surface area (Å²) in [6.45, 7) is 6.00. The summed E-state index contributed by atoms with van der Waals surface area (Å²) in [6.07, 6.45) is 0.763. The lowest BCUT2D eigenvalue weighted by atomic mass is 10.2. The van der Waals surface area contributed by atoms with Gasteiger partial charge in [-0.2, -0.15) is 4.98 Å². The summed E-state index contributed by atoms with van der Waals surface area (Å²) in [5, 5.41) is 0. The van der Waals surface area contributed by atoms with Crippen LogP contribution in [-0.2, 0) is 13.6 Å². The Hall–Kier alpha value is -2.09. The number of aryl methyl sites for hydroxylation is 1. The monoisotopic (exact) mass is 280 g/mol. The van der Waals surface area contributed by atoms with Crippen LogP contribution >= 0.6 is 0 Å². The van der Waals surface area contributed by atoms with Gasteiger partial charge < -0.3 is 4.57 Å². The van der Waals surface area contributed by atoms with Crippen molar-refractivity contribution in [3.05, 3.63) is 20.8 Å². The first-order chi connectivity index (χ1) is 9.47. The maximum atomic E-state index is 12.5. The second-order valence-electron chi connectivity index (χ2n) is 4.77. The van der Waals surface area contributed by atoms with Gasteiger partial charge in [-0.05, 0) is 20.3 Å². The second-order valence-corrected chi connectivity index (χ2v) is 4.77. The molecule has 0 aliphatic carbocycles. The molecule has 0 aliphatic heterocycles. The van der Waals surface area contributed by atoms with Crippen molar-refractivity contribution in [1.82, 2.24) is 18.7 Å². The zero-order valence-corrected chi connectivity index (χ0v) is 12.2. The first-order valence-corrected chi connectivity index (χ1v) is 6.66. The Bertz CT molecular complexity index is 754. The summed E-state index contributed by atoms with van der Waals surface area (Å²) in [6, 6.07) is -0.0519. The predicted octanol–water partition coefficient (Wildman–Crippen LogP) is 0.173. The van der Waals surface area contributed by atoms with Crippen LogP contribution in [0.5, 0.6) is 0 Å². The molecule has 2 rings (SSSR count). The third-order valence-electron chi connectivity index (χ3n) is 3.67. The first-order valence-electron chi connectivity index (χ1n) is 6.66. The smallest absolute Gasteiger partial charge is 0.306 e. The van der Waals surface area contributed by atoms with E-state index in [-0.39, 0.29) is 17.3 Å². The lowest BCUT2D eigenvalue weighted by Gasteiger charge is -2.15. The molecule has 0 spiro atoms. The Morgan fingerprint density at radius 2 is 2.00 bits per heavy atom. The fraction of sp³-hybridized carbons (Fsp3) is 0.583. The molecular formula is C12H20N6O2. The molecule has 1 atom stereocenters. The Balaban J connectivity index is 3.04. The largest absolute Gasteiger partial charge is 0.332 e. The van der Waals surface area contributed by atoms with E-state index in [2.05, 4.69) is 10.4 Å². The average molecular weight is 280 g/mol. The normalized spacial score (nSPS) is 12.8. The van der Waals surface area contributed by atoms with E-state index < -0.39 is 0 Å². The van der Waals surface area contributed by atoms with Crippen molar-refractivity contribution < 1.29 is 0 Å². The van der Waals surface area contributed by atoms with Gasteiger partial charge in [-0.3, -0.25) is 19.4 Å². The Labute approximate surface area is 115 Å². The van der Waals surface area contributed by atoms with Crippen molar-refractivity contribution in [2.24, 2.45) is 12.9 Å². The number of nitrogen functional groups attached to an aromatic ring is 1. The van der Waals surface area contributed by atoms with Crippen LogP contribution in [0.2, 0.25) is 0 Å². The molecule has 1 unspecified atom stereocenters. The van der Waals surface area contributed by atoms with Gasteiger partial charge in [0.2, 0.25) is 5.95 Å². The van der Waals surface area contributed by atoms with E-state index in [1.54, 1.807) is 23.1 Å². The van der Waals surface area contributed by atoms with E-state index in [4.69, 9.17) is 5.84 Å². The first kappa shape index (κ1) is 14.3. The topological polar surface area (TPSA) is 99.9 Å². The number of rotatable bonds is 4. The fourth-order valence-corrected chi connectivity index (χ4v) is 2.31. The van der Waals surface area contributed by atoms with E-state index in [0.717, 1.165) is 6.42 Å². The zero-order chi connectivity index (χ0) is 15.0. The molecule has 110 valence electrons. The van der Waals surface area contributed by atoms with Gasteiger partial charge in [-0.1, -0.05) is 6.92 Å². The lowest BCUT2D eigenvalue weighted by molar-refractivity contribution is 0.489. The number of imidazole rings is 1. The van der Waals surface area contributed by atoms with Crippen LogP contribution in [0.15, 0.2) is 9.59 Å².